The number of aliphatic carboxylic acids is 1. The number of carbonyl (C=O) groups is 2. The Kier molecular flexibility index (Phi) is 5.62. The summed E-state index contributed by atoms with van der Waals surface area (Å²) in [7, 11) is 0. The number of ether oxygens (including phenoxy) is 1. The van der Waals surface area contributed by atoms with Gasteiger partial charge in [0.25, 0.3) is 5.91 Å². The van der Waals surface area contributed by atoms with E-state index in [-0.39, 0.29) is 42.0 Å². The number of halogens is 2. The SMILES string of the molecule is O=C(O)CC(NC(=O)c1ccc(Cl)cc1)[C@H]1[C@@H]2C[C@@H](Oc3ncnc4ccc(F)cc34)C[C@@H]21. The van der Waals surface area contributed by atoms with Gasteiger partial charge in [0.05, 0.1) is 17.3 Å². The van der Waals surface area contributed by atoms with Crippen LogP contribution in [0.4, 0.5) is 4.39 Å². The maximum absolute atomic E-state index is 13.7. The molecule has 3 aromatic rings. The first-order chi connectivity index (χ1) is 15.9. The number of nitrogens with zero attached hydrogens (tertiary/aromatic N) is 2. The molecular formula is C24H21ClFN3O4. The van der Waals surface area contributed by atoms with Crippen LogP contribution in [0.5, 0.6) is 5.88 Å². The maximum atomic E-state index is 13.7. The van der Waals surface area contributed by atoms with E-state index >= 15 is 0 Å². The molecule has 1 aromatic heterocycles. The van der Waals surface area contributed by atoms with Gasteiger partial charge in [0.2, 0.25) is 5.88 Å². The molecule has 2 fully saturated rings. The number of carboxylic acid groups (broad SMARTS) is 1. The summed E-state index contributed by atoms with van der Waals surface area (Å²) in [4.78, 5) is 32.4. The Morgan fingerprint density at radius 3 is 2.58 bits per heavy atom. The Hall–Kier alpha value is -3.26. The van der Waals surface area contributed by atoms with Crippen molar-refractivity contribution in [3.05, 3.63) is 65.2 Å². The number of carboxylic acids is 1. The summed E-state index contributed by atoms with van der Waals surface area (Å²) in [5, 5.41) is 13.3. The lowest BCUT2D eigenvalue weighted by atomic mass is 9.99. The number of benzene rings is 2. The summed E-state index contributed by atoms with van der Waals surface area (Å²) in [6.45, 7) is 0. The van der Waals surface area contributed by atoms with Gasteiger partial charge in [-0.1, -0.05) is 11.6 Å². The Morgan fingerprint density at radius 1 is 1.15 bits per heavy atom. The van der Waals surface area contributed by atoms with Crippen molar-refractivity contribution in [3.8, 4) is 5.88 Å². The third kappa shape index (κ3) is 4.48. The average Bonchev–Trinajstić information content (AvgIpc) is 3.28. The van der Waals surface area contributed by atoms with Gasteiger partial charge in [0.1, 0.15) is 18.2 Å². The Balaban J connectivity index is 1.24. The minimum Gasteiger partial charge on any atom is -0.481 e. The number of rotatable bonds is 7. The summed E-state index contributed by atoms with van der Waals surface area (Å²) >= 11 is 5.88. The second-order valence-electron chi connectivity index (χ2n) is 8.64. The van der Waals surface area contributed by atoms with E-state index in [0.717, 1.165) is 12.8 Å². The summed E-state index contributed by atoms with van der Waals surface area (Å²) in [6.07, 6.45) is 2.60. The zero-order valence-electron chi connectivity index (χ0n) is 17.4. The molecule has 1 heterocycles. The van der Waals surface area contributed by atoms with Crippen molar-refractivity contribution in [2.45, 2.75) is 31.4 Å². The van der Waals surface area contributed by atoms with E-state index in [2.05, 4.69) is 15.3 Å². The van der Waals surface area contributed by atoms with Gasteiger partial charge in [-0.25, -0.2) is 14.4 Å². The first-order valence-corrected chi connectivity index (χ1v) is 11.1. The van der Waals surface area contributed by atoms with E-state index in [1.54, 1.807) is 30.3 Å². The molecule has 5 atom stereocenters. The molecule has 1 amide bonds. The zero-order chi connectivity index (χ0) is 23.1. The predicted octanol–water partition coefficient (Wildman–Crippen LogP) is 4.10. The largest absolute Gasteiger partial charge is 0.481 e. The van der Waals surface area contributed by atoms with Crippen molar-refractivity contribution in [3.63, 3.8) is 0 Å². The first kappa shape index (κ1) is 21.6. The van der Waals surface area contributed by atoms with Crippen molar-refractivity contribution >= 4 is 34.4 Å². The number of hydrogen-bond acceptors (Lipinski definition) is 5. The molecule has 5 rings (SSSR count). The van der Waals surface area contributed by atoms with Crippen LogP contribution in [-0.4, -0.2) is 39.1 Å². The van der Waals surface area contributed by atoms with Crippen molar-refractivity contribution in [2.24, 2.45) is 17.8 Å². The molecule has 0 saturated heterocycles. The fourth-order valence-electron chi connectivity index (χ4n) is 5.12. The lowest BCUT2D eigenvalue weighted by Gasteiger charge is -2.22. The average molecular weight is 470 g/mol. The molecule has 0 radical (unpaired) electrons. The molecule has 7 nitrogen and oxygen atoms in total. The molecule has 170 valence electrons. The number of nitrogens with one attached hydrogen (secondary N) is 1. The fourth-order valence-corrected chi connectivity index (χ4v) is 5.24. The summed E-state index contributed by atoms with van der Waals surface area (Å²) < 4.78 is 19.8. The third-order valence-corrected chi connectivity index (χ3v) is 6.84. The third-order valence-electron chi connectivity index (χ3n) is 6.59. The number of fused-ring (bicyclic) bond motifs is 2. The topological polar surface area (TPSA) is 101 Å². The van der Waals surface area contributed by atoms with Crippen LogP contribution in [-0.2, 0) is 4.79 Å². The molecule has 0 aliphatic heterocycles. The molecule has 2 saturated carbocycles. The Bertz CT molecular complexity index is 1210. The number of carbonyl (C=O) groups excluding carboxylic acids is 1. The van der Waals surface area contributed by atoms with E-state index in [1.807, 2.05) is 0 Å². The van der Waals surface area contributed by atoms with Gasteiger partial charge in [-0.15, -0.1) is 0 Å². The molecule has 2 aromatic carbocycles. The van der Waals surface area contributed by atoms with Gasteiger partial charge in [0, 0.05) is 16.6 Å². The summed E-state index contributed by atoms with van der Waals surface area (Å²) in [6, 6.07) is 10.3. The highest BCUT2D eigenvalue weighted by Gasteiger charge is 2.60. The van der Waals surface area contributed by atoms with Gasteiger partial charge in [0.15, 0.2) is 0 Å². The molecule has 2 aliphatic carbocycles. The highest BCUT2D eigenvalue weighted by molar-refractivity contribution is 6.30. The maximum Gasteiger partial charge on any atom is 0.305 e. The van der Waals surface area contributed by atoms with Crippen LogP contribution in [0.2, 0.25) is 5.02 Å². The minimum absolute atomic E-state index is 0.0804. The number of aromatic nitrogens is 2. The number of hydrogen-bond donors (Lipinski definition) is 2. The lowest BCUT2D eigenvalue weighted by Crippen LogP contribution is -2.39. The normalized spacial score (nSPS) is 24.2. The van der Waals surface area contributed by atoms with Gasteiger partial charge < -0.3 is 15.2 Å². The molecule has 2 aliphatic rings. The van der Waals surface area contributed by atoms with Crippen LogP contribution in [0, 0.1) is 23.6 Å². The van der Waals surface area contributed by atoms with E-state index in [4.69, 9.17) is 16.3 Å². The second kappa shape index (κ2) is 8.59. The van der Waals surface area contributed by atoms with Gasteiger partial charge in [-0.05, 0) is 73.1 Å². The molecule has 0 spiro atoms. The van der Waals surface area contributed by atoms with Gasteiger partial charge in [-0.2, -0.15) is 0 Å². The van der Waals surface area contributed by atoms with E-state index in [1.165, 1.54) is 18.5 Å². The second-order valence-corrected chi connectivity index (χ2v) is 9.08. The van der Waals surface area contributed by atoms with E-state index in [9.17, 15) is 19.1 Å². The number of amides is 1. The van der Waals surface area contributed by atoms with Crippen molar-refractivity contribution < 1.29 is 23.8 Å². The predicted molar refractivity (Wildman–Crippen MR) is 119 cm³/mol. The molecule has 2 N–H and O–H groups in total. The highest BCUT2D eigenvalue weighted by atomic mass is 35.5. The molecule has 9 heteroatoms. The van der Waals surface area contributed by atoms with E-state index < -0.39 is 12.0 Å². The van der Waals surface area contributed by atoms with Crippen LogP contribution >= 0.6 is 11.6 Å². The smallest absolute Gasteiger partial charge is 0.305 e. The van der Waals surface area contributed by atoms with Crippen molar-refractivity contribution in [1.29, 1.82) is 0 Å². The quantitative estimate of drug-likeness (QED) is 0.540. The Morgan fingerprint density at radius 2 is 1.88 bits per heavy atom. The van der Waals surface area contributed by atoms with Crippen molar-refractivity contribution in [1.82, 2.24) is 15.3 Å². The van der Waals surface area contributed by atoms with Crippen LogP contribution < -0.4 is 10.1 Å². The standard InChI is InChI=1S/C24H21ClFN3O4/c25-13-3-1-12(2-4-13)23(32)29-20(10-21(30)31)22-16-8-15(9-17(16)22)33-24-18-7-14(26)5-6-19(18)27-11-28-24/h1-7,11,15-17,20,22H,8-10H2,(H,29,32)(H,30,31)/t15-,16-,17+,20?,22+. The van der Waals surface area contributed by atoms with Crippen LogP contribution in [0.15, 0.2) is 48.8 Å². The molecule has 33 heavy (non-hydrogen) atoms. The van der Waals surface area contributed by atoms with Crippen LogP contribution in [0.3, 0.4) is 0 Å². The van der Waals surface area contributed by atoms with E-state index in [0.29, 0.717) is 27.4 Å². The fraction of sp³-hybridized carbons (Fsp3) is 0.333. The van der Waals surface area contributed by atoms with Gasteiger partial charge in [-0.3, -0.25) is 9.59 Å². The molecular weight excluding hydrogens is 449 g/mol. The zero-order valence-corrected chi connectivity index (χ0v) is 18.2. The lowest BCUT2D eigenvalue weighted by molar-refractivity contribution is -0.137. The molecule has 0 bridgehead atoms. The summed E-state index contributed by atoms with van der Waals surface area (Å²) in [5.74, 6) is -0.708. The highest BCUT2D eigenvalue weighted by Crippen LogP contribution is 2.60. The Labute approximate surface area is 193 Å². The summed E-state index contributed by atoms with van der Waals surface area (Å²) in [5.41, 5.74) is 1.04. The monoisotopic (exact) mass is 469 g/mol. The minimum atomic E-state index is -0.955. The van der Waals surface area contributed by atoms with Gasteiger partial charge >= 0.3 is 5.97 Å². The van der Waals surface area contributed by atoms with Crippen molar-refractivity contribution in [2.75, 3.05) is 0 Å². The molecule has 1 unspecified atom stereocenters. The van der Waals surface area contributed by atoms with Crippen LogP contribution in [0.1, 0.15) is 29.6 Å². The van der Waals surface area contributed by atoms with Crippen LogP contribution in [0.25, 0.3) is 10.9 Å². The first-order valence-electron chi connectivity index (χ1n) is 10.7.